The summed E-state index contributed by atoms with van der Waals surface area (Å²) in [6.45, 7) is 3.57. The lowest BCUT2D eigenvalue weighted by Crippen LogP contribution is -2.48. The molecule has 0 unspecified atom stereocenters. The highest BCUT2D eigenvalue weighted by atomic mass is 16.5. The zero-order valence-corrected chi connectivity index (χ0v) is 17.5. The highest BCUT2D eigenvalue weighted by Crippen LogP contribution is 2.26. The van der Waals surface area contributed by atoms with Crippen molar-refractivity contribution < 1.29 is 23.9 Å². The van der Waals surface area contributed by atoms with Crippen molar-refractivity contribution in [2.75, 3.05) is 11.4 Å². The maximum atomic E-state index is 12.5. The third kappa shape index (κ3) is 5.58. The lowest BCUT2D eigenvalue weighted by Gasteiger charge is -2.23. The molecule has 0 bridgehead atoms. The second-order valence-electron chi connectivity index (χ2n) is 8.12. The van der Waals surface area contributed by atoms with Crippen LogP contribution in [0.1, 0.15) is 51.0 Å². The smallest absolute Gasteiger partial charge is 0.321 e. The summed E-state index contributed by atoms with van der Waals surface area (Å²) in [4.78, 5) is 50.5. The van der Waals surface area contributed by atoms with E-state index in [0.29, 0.717) is 0 Å². The Labute approximate surface area is 176 Å². The molecule has 162 valence electrons. The van der Waals surface area contributed by atoms with E-state index in [0.717, 1.165) is 43.4 Å². The Bertz CT molecular complexity index is 801. The van der Waals surface area contributed by atoms with Crippen LogP contribution < -0.4 is 15.5 Å². The van der Waals surface area contributed by atoms with Gasteiger partial charge in [0.1, 0.15) is 0 Å². The molecule has 1 aromatic rings. The van der Waals surface area contributed by atoms with Gasteiger partial charge in [-0.1, -0.05) is 37.0 Å². The van der Waals surface area contributed by atoms with Crippen LogP contribution >= 0.6 is 0 Å². The molecule has 4 amide bonds. The fraction of sp³-hybridized carbons (Fsp3) is 0.545. The summed E-state index contributed by atoms with van der Waals surface area (Å²) in [6.07, 6.45) is 4.00. The summed E-state index contributed by atoms with van der Waals surface area (Å²) in [5.41, 5.74) is 1.81. The van der Waals surface area contributed by atoms with Crippen molar-refractivity contribution >= 4 is 29.5 Å². The Kier molecular flexibility index (Phi) is 7.07. The summed E-state index contributed by atoms with van der Waals surface area (Å²) in [7, 11) is 0. The molecule has 1 aromatic carbocycles. The van der Waals surface area contributed by atoms with Crippen LogP contribution in [0.25, 0.3) is 0 Å². The molecule has 1 aliphatic carbocycles. The molecule has 8 heteroatoms. The average molecular weight is 415 g/mol. The standard InChI is InChI=1S/C22H29N3O5/c1-14-8-10-18(11-9-14)25-13-16(12-19(25)26)21(28)30-15(2)20(27)24-22(29)23-17-6-4-3-5-7-17/h8-11,15-17H,3-7,12-13H2,1-2H3,(H2,23,24,27,29)/t15-,16+/m1/s1. The Morgan fingerprint density at radius 1 is 1.10 bits per heavy atom. The van der Waals surface area contributed by atoms with E-state index in [1.807, 2.05) is 31.2 Å². The molecule has 1 saturated carbocycles. The Morgan fingerprint density at radius 3 is 2.43 bits per heavy atom. The van der Waals surface area contributed by atoms with Gasteiger partial charge in [0, 0.05) is 24.7 Å². The molecule has 1 heterocycles. The number of anilines is 1. The van der Waals surface area contributed by atoms with Crippen LogP contribution in [0.15, 0.2) is 24.3 Å². The predicted molar refractivity (Wildman–Crippen MR) is 111 cm³/mol. The second-order valence-corrected chi connectivity index (χ2v) is 8.12. The number of imide groups is 1. The number of hydrogen-bond acceptors (Lipinski definition) is 5. The van der Waals surface area contributed by atoms with Crippen molar-refractivity contribution in [1.82, 2.24) is 10.6 Å². The van der Waals surface area contributed by atoms with Gasteiger partial charge in [0.25, 0.3) is 5.91 Å². The maximum absolute atomic E-state index is 12.5. The molecule has 0 radical (unpaired) electrons. The summed E-state index contributed by atoms with van der Waals surface area (Å²) in [6, 6.07) is 6.97. The molecule has 2 N–H and O–H groups in total. The third-order valence-corrected chi connectivity index (χ3v) is 5.64. The van der Waals surface area contributed by atoms with Crippen molar-refractivity contribution in [2.45, 2.75) is 64.5 Å². The molecule has 2 aliphatic rings. The molecule has 3 rings (SSSR count). The number of nitrogens with zero attached hydrogens (tertiary/aromatic N) is 1. The monoisotopic (exact) mass is 415 g/mol. The molecule has 2 fully saturated rings. The van der Waals surface area contributed by atoms with E-state index in [4.69, 9.17) is 4.74 Å². The molecular weight excluding hydrogens is 386 g/mol. The number of rotatable bonds is 5. The fourth-order valence-corrected chi connectivity index (χ4v) is 3.85. The first kappa shape index (κ1) is 21.8. The first-order valence-corrected chi connectivity index (χ1v) is 10.5. The number of nitrogens with one attached hydrogen (secondary N) is 2. The topological polar surface area (TPSA) is 105 Å². The number of esters is 1. The highest BCUT2D eigenvalue weighted by Gasteiger charge is 2.37. The van der Waals surface area contributed by atoms with Gasteiger partial charge in [-0.3, -0.25) is 19.7 Å². The number of amides is 4. The van der Waals surface area contributed by atoms with Gasteiger partial charge in [0.05, 0.1) is 5.92 Å². The lowest BCUT2D eigenvalue weighted by molar-refractivity contribution is -0.158. The summed E-state index contributed by atoms with van der Waals surface area (Å²) in [5, 5.41) is 5.01. The molecule has 1 saturated heterocycles. The summed E-state index contributed by atoms with van der Waals surface area (Å²) >= 11 is 0. The van der Waals surface area contributed by atoms with Crippen molar-refractivity contribution in [2.24, 2.45) is 5.92 Å². The highest BCUT2D eigenvalue weighted by molar-refractivity contribution is 6.00. The van der Waals surface area contributed by atoms with Crippen LogP contribution in [-0.4, -0.2) is 42.5 Å². The number of benzene rings is 1. The van der Waals surface area contributed by atoms with Crippen molar-refractivity contribution in [3.05, 3.63) is 29.8 Å². The lowest BCUT2D eigenvalue weighted by atomic mass is 9.96. The van der Waals surface area contributed by atoms with Crippen molar-refractivity contribution in [3.8, 4) is 0 Å². The second kappa shape index (κ2) is 9.73. The molecule has 30 heavy (non-hydrogen) atoms. The van der Waals surface area contributed by atoms with Gasteiger partial charge in [-0.2, -0.15) is 0 Å². The van der Waals surface area contributed by atoms with Crippen LogP contribution in [0.2, 0.25) is 0 Å². The Hall–Kier alpha value is -2.90. The van der Waals surface area contributed by atoms with E-state index in [1.165, 1.54) is 6.92 Å². The first-order valence-electron chi connectivity index (χ1n) is 10.5. The van der Waals surface area contributed by atoms with Gasteiger partial charge >= 0.3 is 12.0 Å². The zero-order chi connectivity index (χ0) is 21.7. The summed E-state index contributed by atoms with van der Waals surface area (Å²) < 4.78 is 5.23. The van der Waals surface area contributed by atoms with Crippen LogP contribution in [0.4, 0.5) is 10.5 Å². The molecular formula is C22H29N3O5. The predicted octanol–water partition coefficient (Wildman–Crippen LogP) is 2.44. The van der Waals surface area contributed by atoms with Crippen molar-refractivity contribution in [3.63, 3.8) is 0 Å². The van der Waals surface area contributed by atoms with E-state index >= 15 is 0 Å². The normalized spacial score (nSPS) is 20.5. The third-order valence-electron chi connectivity index (χ3n) is 5.64. The molecule has 2 atom stereocenters. The Balaban J connectivity index is 1.47. The van der Waals surface area contributed by atoms with Gasteiger partial charge < -0.3 is 15.0 Å². The van der Waals surface area contributed by atoms with Gasteiger partial charge in [0.2, 0.25) is 5.91 Å². The number of urea groups is 1. The Morgan fingerprint density at radius 2 is 1.77 bits per heavy atom. The minimum absolute atomic E-state index is 0.0310. The SMILES string of the molecule is Cc1ccc(N2C[C@@H](C(=O)O[C@H](C)C(=O)NC(=O)NC3CCCCC3)CC2=O)cc1. The van der Waals surface area contributed by atoms with Crippen LogP contribution in [0, 0.1) is 12.8 Å². The summed E-state index contributed by atoms with van der Waals surface area (Å²) in [5.74, 6) is -2.11. The first-order chi connectivity index (χ1) is 14.3. The zero-order valence-electron chi connectivity index (χ0n) is 17.5. The average Bonchev–Trinajstić information content (AvgIpc) is 3.11. The number of ether oxygens (including phenoxy) is 1. The van der Waals surface area contributed by atoms with E-state index in [-0.39, 0.29) is 24.9 Å². The molecule has 8 nitrogen and oxygen atoms in total. The minimum Gasteiger partial charge on any atom is -0.452 e. The maximum Gasteiger partial charge on any atom is 0.321 e. The van der Waals surface area contributed by atoms with Crippen molar-refractivity contribution in [1.29, 1.82) is 0 Å². The quantitative estimate of drug-likeness (QED) is 0.719. The van der Waals surface area contributed by atoms with Gasteiger partial charge in [-0.05, 0) is 38.8 Å². The largest absolute Gasteiger partial charge is 0.452 e. The molecule has 0 spiro atoms. The molecule has 0 aromatic heterocycles. The number of carbonyl (C=O) groups excluding carboxylic acids is 4. The van der Waals surface area contributed by atoms with E-state index in [9.17, 15) is 19.2 Å². The van der Waals surface area contributed by atoms with E-state index in [2.05, 4.69) is 10.6 Å². The van der Waals surface area contributed by atoms with Crippen LogP contribution in [0.5, 0.6) is 0 Å². The van der Waals surface area contributed by atoms with Gasteiger partial charge in [-0.15, -0.1) is 0 Å². The van der Waals surface area contributed by atoms with Crippen LogP contribution in [0.3, 0.4) is 0 Å². The van der Waals surface area contributed by atoms with E-state index in [1.54, 1.807) is 4.90 Å². The number of carbonyl (C=O) groups is 4. The minimum atomic E-state index is -1.13. The van der Waals surface area contributed by atoms with E-state index < -0.39 is 29.9 Å². The fourth-order valence-electron chi connectivity index (χ4n) is 3.85. The number of hydrogen-bond donors (Lipinski definition) is 2. The van der Waals surface area contributed by atoms with Gasteiger partial charge in [-0.25, -0.2) is 4.79 Å². The molecule has 1 aliphatic heterocycles. The van der Waals surface area contributed by atoms with Gasteiger partial charge in [0.15, 0.2) is 6.10 Å². The number of aryl methyl sites for hydroxylation is 1. The van der Waals surface area contributed by atoms with Crippen LogP contribution in [-0.2, 0) is 19.1 Å².